The quantitative estimate of drug-likeness (QED) is 0.869. The van der Waals surface area contributed by atoms with Crippen LogP contribution in [0.5, 0.6) is 0 Å². The van der Waals surface area contributed by atoms with E-state index >= 15 is 0 Å². The zero-order valence-electron chi connectivity index (χ0n) is 10.1. The van der Waals surface area contributed by atoms with Gasteiger partial charge in [-0.05, 0) is 36.0 Å². The van der Waals surface area contributed by atoms with Gasteiger partial charge in [0.05, 0.1) is 0 Å². The van der Waals surface area contributed by atoms with Crippen LogP contribution in [0.2, 0.25) is 0 Å². The van der Waals surface area contributed by atoms with Gasteiger partial charge in [0.2, 0.25) is 0 Å². The van der Waals surface area contributed by atoms with E-state index in [0.29, 0.717) is 5.56 Å². The summed E-state index contributed by atoms with van der Waals surface area (Å²) in [5, 5.41) is 18.0. The van der Waals surface area contributed by atoms with Crippen molar-refractivity contribution in [1.82, 2.24) is 0 Å². The molecule has 0 aromatic heterocycles. The minimum absolute atomic E-state index is 0.0968. The summed E-state index contributed by atoms with van der Waals surface area (Å²) in [4.78, 5) is 10.6. The summed E-state index contributed by atoms with van der Waals surface area (Å²) in [6.07, 6.45) is 3.75. The molecule has 0 amide bonds. The molecular formula is C14H17FO3. The number of rotatable bonds is 3. The van der Waals surface area contributed by atoms with Gasteiger partial charge in [-0.1, -0.05) is 31.4 Å². The number of carbonyl (C=O) groups is 1. The van der Waals surface area contributed by atoms with Gasteiger partial charge in [0.25, 0.3) is 0 Å². The Morgan fingerprint density at radius 1 is 1.28 bits per heavy atom. The van der Waals surface area contributed by atoms with Crippen LogP contribution in [0.1, 0.15) is 55.3 Å². The third-order valence-electron chi connectivity index (χ3n) is 3.62. The summed E-state index contributed by atoms with van der Waals surface area (Å²) >= 11 is 0. The summed E-state index contributed by atoms with van der Waals surface area (Å²) in [6, 6.07) is 4.27. The van der Waals surface area contributed by atoms with Gasteiger partial charge in [0.15, 0.2) is 6.10 Å². The van der Waals surface area contributed by atoms with Gasteiger partial charge < -0.3 is 10.2 Å². The second kappa shape index (κ2) is 5.48. The molecule has 1 aliphatic rings. The number of benzene rings is 1. The van der Waals surface area contributed by atoms with Crippen molar-refractivity contribution in [3.05, 3.63) is 35.1 Å². The lowest BCUT2D eigenvalue weighted by Crippen LogP contribution is -2.12. The van der Waals surface area contributed by atoms with Crippen LogP contribution in [0.25, 0.3) is 0 Å². The minimum atomic E-state index is -1.65. The SMILES string of the molecule is O=C(O)C(O)c1ccc(C2CCCCC2)c(F)c1. The van der Waals surface area contributed by atoms with Crippen molar-refractivity contribution in [1.29, 1.82) is 0 Å². The van der Waals surface area contributed by atoms with Gasteiger partial charge in [0.1, 0.15) is 5.82 Å². The normalized spacial score (nSPS) is 18.6. The molecule has 0 heterocycles. The Balaban J connectivity index is 2.21. The van der Waals surface area contributed by atoms with Crippen molar-refractivity contribution >= 4 is 5.97 Å². The third kappa shape index (κ3) is 2.70. The Morgan fingerprint density at radius 3 is 2.50 bits per heavy atom. The molecule has 1 aromatic rings. The van der Waals surface area contributed by atoms with Crippen LogP contribution in [0, 0.1) is 5.82 Å². The Morgan fingerprint density at radius 2 is 1.94 bits per heavy atom. The van der Waals surface area contributed by atoms with Crippen molar-refractivity contribution in [2.45, 2.75) is 44.1 Å². The molecule has 1 unspecified atom stereocenters. The number of aliphatic carboxylic acids is 1. The molecule has 98 valence electrons. The summed E-state index contributed by atoms with van der Waals surface area (Å²) < 4.78 is 14.0. The van der Waals surface area contributed by atoms with E-state index in [0.717, 1.165) is 31.7 Å². The van der Waals surface area contributed by atoms with E-state index in [9.17, 15) is 14.3 Å². The van der Waals surface area contributed by atoms with E-state index in [-0.39, 0.29) is 11.5 Å². The second-order valence-corrected chi connectivity index (χ2v) is 4.86. The molecule has 4 heteroatoms. The average Bonchev–Trinajstić information content (AvgIpc) is 2.38. The fraction of sp³-hybridized carbons (Fsp3) is 0.500. The summed E-state index contributed by atoms with van der Waals surface area (Å²) in [5.74, 6) is -1.53. The maximum Gasteiger partial charge on any atom is 0.337 e. The van der Waals surface area contributed by atoms with Crippen LogP contribution in [-0.2, 0) is 4.79 Å². The lowest BCUT2D eigenvalue weighted by Gasteiger charge is -2.22. The first-order chi connectivity index (χ1) is 8.59. The Kier molecular flexibility index (Phi) is 3.97. The van der Waals surface area contributed by atoms with Gasteiger partial charge >= 0.3 is 5.97 Å². The third-order valence-corrected chi connectivity index (χ3v) is 3.62. The predicted molar refractivity (Wildman–Crippen MR) is 64.8 cm³/mol. The van der Waals surface area contributed by atoms with Gasteiger partial charge in [-0.3, -0.25) is 0 Å². The van der Waals surface area contributed by atoms with Crippen molar-refractivity contribution < 1.29 is 19.4 Å². The first-order valence-corrected chi connectivity index (χ1v) is 6.30. The lowest BCUT2D eigenvalue weighted by molar-refractivity contribution is -0.146. The van der Waals surface area contributed by atoms with E-state index in [4.69, 9.17) is 5.11 Å². The molecular weight excluding hydrogens is 235 g/mol. The van der Waals surface area contributed by atoms with Crippen molar-refractivity contribution in [2.24, 2.45) is 0 Å². The molecule has 1 atom stereocenters. The summed E-state index contributed by atoms with van der Waals surface area (Å²) in [6.45, 7) is 0. The Labute approximate surface area is 105 Å². The largest absolute Gasteiger partial charge is 0.479 e. The fourth-order valence-electron chi connectivity index (χ4n) is 2.60. The number of carboxylic acids is 1. The van der Waals surface area contributed by atoms with E-state index in [1.165, 1.54) is 12.5 Å². The van der Waals surface area contributed by atoms with Crippen LogP contribution in [0.4, 0.5) is 4.39 Å². The molecule has 1 fully saturated rings. The zero-order valence-corrected chi connectivity index (χ0v) is 10.1. The molecule has 1 aliphatic carbocycles. The van der Waals surface area contributed by atoms with Crippen LogP contribution in [-0.4, -0.2) is 16.2 Å². The molecule has 0 bridgehead atoms. The Hall–Kier alpha value is -1.42. The molecule has 0 radical (unpaired) electrons. The molecule has 0 spiro atoms. The lowest BCUT2D eigenvalue weighted by atomic mass is 9.83. The number of halogens is 1. The zero-order chi connectivity index (χ0) is 13.1. The molecule has 0 aliphatic heterocycles. The predicted octanol–water partition coefficient (Wildman–Crippen LogP) is 2.99. The summed E-state index contributed by atoms with van der Waals surface area (Å²) in [7, 11) is 0. The van der Waals surface area contributed by atoms with E-state index < -0.39 is 17.9 Å². The van der Waals surface area contributed by atoms with Gasteiger partial charge in [0, 0.05) is 0 Å². The molecule has 1 aromatic carbocycles. The number of carboxylic acid groups (broad SMARTS) is 1. The standard InChI is InChI=1S/C14H17FO3/c15-12-8-10(13(16)14(17)18)6-7-11(12)9-4-2-1-3-5-9/h6-9,13,16H,1-5H2,(H,17,18). The van der Waals surface area contributed by atoms with E-state index in [1.54, 1.807) is 6.07 Å². The smallest absolute Gasteiger partial charge is 0.337 e. The highest BCUT2D eigenvalue weighted by Gasteiger charge is 2.21. The monoisotopic (exact) mass is 252 g/mol. The molecule has 2 N–H and O–H groups in total. The molecule has 3 nitrogen and oxygen atoms in total. The topological polar surface area (TPSA) is 57.5 Å². The van der Waals surface area contributed by atoms with Gasteiger partial charge in [-0.25, -0.2) is 9.18 Å². The number of hydrogen-bond acceptors (Lipinski definition) is 2. The molecule has 0 saturated heterocycles. The number of hydrogen-bond donors (Lipinski definition) is 2. The van der Waals surface area contributed by atoms with Crippen molar-refractivity contribution in [3.8, 4) is 0 Å². The maximum absolute atomic E-state index is 14.0. The van der Waals surface area contributed by atoms with E-state index in [2.05, 4.69) is 0 Å². The van der Waals surface area contributed by atoms with Crippen molar-refractivity contribution in [2.75, 3.05) is 0 Å². The highest BCUT2D eigenvalue weighted by molar-refractivity contribution is 5.74. The highest BCUT2D eigenvalue weighted by Crippen LogP contribution is 2.34. The highest BCUT2D eigenvalue weighted by atomic mass is 19.1. The van der Waals surface area contributed by atoms with E-state index in [1.807, 2.05) is 0 Å². The Bertz CT molecular complexity index is 439. The minimum Gasteiger partial charge on any atom is -0.479 e. The second-order valence-electron chi connectivity index (χ2n) is 4.86. The number of aliphatic hydroxyl groups excluding tert-OH is 1. The van der Waals surface area contributed by atoms with Crippen LogP contribution < -0.4 is 0 Å². The molecule has 1 saturated carbocycles. The summed E-state index contributed by atoms with van der Waals surface area (Å²) in [5.41, 5.74) is 0.746. The first kappa shape index (κ1) is 13.0. The van der Waals surface area contributed by atoms with Crippen LogP contribution in [0.3, 0.4) is 0 Å². The average molecular weight is 252 g/mol. The first-order valence-electron chi connectivity index (χ1n) is 6.30. The van der Waals surface area contributed by atoms with Gasteiger partial charge in [-0.2, -0.15) is 0 Å². The van der Waals surface area contributed by atoms with Gasteiger partial charge in [-0.15, -0.1) is 0 Å². The van der Waals surface area contributed by atoms with Crippen LogP contribution in [0.15, 0.2) is 18.2 Å². The maximum atomic E-state index is 14.0. The number of aliphatic hydroxyl groups is 1. The van der Waals surface area contributed by atoms with Crippen molar-refractivity contribution in [3.63, 3.8) is 0 Å². The molecule has 2 rings (SSSR count). The fourth-order valence-corrected chi connectivity index (χ4v) is 2.60. The van der Waals surface area contributed by atoms with Crippen LogP contribution >= 0.6 is 0 Å². The molecule has 18 heavy (non-hydrogen) atoms.